The first kappa shape index (κ1) is 20.9. The number of imidazole rings is 1. The van der Waals surface area contributed by atoms with Crippen molar-refractivity contribution in [3.63, 3.8) is 0 Å². The molecule has 5 rings (SSSR count). The van der Waals surface area contributed by atoms with Gasteiger partial charge in [0, 0.05) is 35.8 Å². The van der Waals surface area contributed by atoms with E-state index in [0.29, 0.717) is 12.1 Å². The van der Waals surface area contributed by atoms with Gasteiger partial charge in [0.05, 0.1) is 30.3 Å². The van der Waals surface area contributed by atoms with E-state index in [1.807, 2.05) is 43.3 Å². The molecule has 0 unspecified atom stereocenters. The predicted molar refractivity (Wildman–Crippen MR) is 128 cm³/mol. The van der Waals surface area contributed by atoms with Gasteiger partial charge in [0.1, 0.15) is 5.82 Å². The van der Waals surface area contributed by atoms with E-state index in [-0.39, 0.29) is 11.9 Å². The van der Waals surface area contributed by atoms with Crippen LogP contribution in [0, 0.1) is 6.92 Å². The quantitative estimate of drug-likeness (QED) is 0.482. The van der Waals surface area contributed by atoms with Crippen molar-refractivity contribution in [2.75, 3.05) is 32.8 Å². The Bertz CT molecular complexity index is 1200. The number of ether oxygens (including phenoxy) is 1. The Hall–Kier alpha value is -3.00. The second kappa shape index (κ2) is 9.24. The summed E-state index contributed by atoms with van der Waals surface area (Å²) < 4.78 is 7.63. The molecule has 0 spiro atoms. The van der Waals surface area contributed by atoms with Crippen molar-refractivity contribution in [3.8, 4) is 5.69 Å². The molecule has 1 N–H and O–H groups in total. The number of aromatic nitrogens is 2. The normalized spacial score (nSPS) is 15.7. The molecule has 1 atom stereocenters. The van der Waals surface area contributed by atoms with E-state index in [2.05, 4.69) is 44.4 Å². The van der Waals surface area contributed by atoms with Crippen LogP contribution in [0.5, 0.6) is 0 Å². The minimum atomic E-state index is -0.0753. The van der Waals surface area contributed by atoms with E-state index in [4.69, 9.17) is 9.72 Å². The number of hydrogen-bond donors (Lipinski definition) is 1. The fraction of sp³-hybridized carbons (Fsp3) is 0.280. The first-order valence-electron chi connectivity index (χ1n) is 10.9. The molecule has 3 heterocycles. The molecule has 4 aromatic rings. The first-order chi connectivity index (χ1) is 15.7. The molecule has 0 aliphatic carbocycles. The van der Waals surface area contributed by atoms with Crippen LogP contribution in [0.4, 0.5) is 0 Å². The van der Waals surface area contributed by atoms with E-state index in [0.717, 1.165) is 48.8 Å². The number of carbonyl (C=O) groups excluding carboxylic acids is 1. The zero-order valence-corrected chi connectivity index (χ0v) is 18.8. The van der Waals surface area contributed by atoms with Crippen LogP contribution in [-0.2, 0) is 4.74 Å². The van der Waals surface area contributed by atoms with E-state index in [1.165, 1.54) is 4.88 Å². The van der Waals surface area contributed by atoms with E-state index in [1.54, 1.807) is 11.3 Å². The van der Waals surface area contributed by atoms with Gasteiger partial charge >= 0.3 is 0 Å². The molecule has 6 nitrogen and oxygen atoms in total. The molecule has 1 fully saturated rings. The smallest absolute Gasteiger partial charge is 0.251 e. The highest BCUT2D eigenvalue weighted by atomic mass is 32.1. The largest absolute Gasteiger partial charge is 0.379 e. The molecular formula is C25H26N4O2S. The van der Waals surface area contributed by atoms with Crippen molar-refractivity contribution in [1.29, 1.82) is 0 Å². The van der Waals surface area contributed by atoms with Gasteiger partial charge in [0.2, 0.25) is 0 Å². The minimum Gasteiger partial charge on any atom is -0.379 e. The number of morpholine rings is 1. The van der Waals surface area contributed by atoms with Gasteiger partial charge in [-0.2, -0.15) is 0 Å². The summed E-state index contributed by atoms with van der Waals surface area (Å²) in [6.45, 7) is 5.77. The highest BCUT2D eigenvalue weighted by Gasteiger charge is 2.24. The van der Waals surface area contributed by atoms with Gasteiger partial charge in [0.15, 0.2) is 0 Å². The lowest BCUT2D eigenvalue weighted by molar-refractivity contribution is 0.0169. The minimum absolute atomic E-state index is 0.0753. The SMILES string of the molecule is Cc1nc2cc(C(=O)NC[C@@H](c3cccs3)N3CCOCC3)ccc2n1-c1ccccc1. The Morgan fingerprint density at radius 3 is 2.69 bits per heavy atom. The molecule has 164 valence electrons. The molecule has 1 aliphatic rings. The maximum absolute atomic E-state index is 13.0. The van der Waals surface area contributed by atoms with Gasteiger partial charge in [-0.3, -0.25) is 14.3 Å². The predicted octanol–water partition coefficient (Wildman–Crippen LogP) is 4.20. The van der Waals surface area contributed by atoms with Gasteiger partial charge < -0.3 is 10.1 Å². The molecule has 1 amide bonds. The summed E-state index contributed by atoms with van der Waals surface area (Å²) >= 11 is 1.73. The number of benzene rings is 2. The number of amides is 1. The molecule has 0 radical (unpaired) electrons. The third-order valence-electron chi connectivity index (χ3n) is 5.91. The summed E-state index contributed by atoms with van der Waals surface area (Å²) in [5.74, 6) is 0.822. The van der Waals surface area contributed by atoms with Crippen LogP contribution < -0.4 is 5.32 Å². The summed E-state index contributed by atoms with van der Waals surface area (Å²) in [7, 11) is 0. The van der Waals surface area contributed by atoms with Gasteiger partial charge in [-0.15, -0.1) is 11.3 Å². The lowest BCUT2D eigenvalue weighted by Gasteiger charge is -2.34. The molecule has 0 saturated carbocycles. The number of carbonyl (C=O) groups is 1. The summed E-state index contributed by atoms with van der Waals surface area (Å²) in [4.78, 5) is 21.4. The van der Waals surface area contributed by atoms with Crippen LogP contribution in [0.2, 0.25) is 0 Å². The average molecular weight is 447 g/mol. The van der Waals surface area contributed by atoms with Crippen molar-refractivity contribution in [1.82, 2.24) is 19.8 Å². The molecule has 0 bridgehead atoms. The zero-order chi connectivity index (χ0) is 21.9. The highest BCUT2D eigenvalue weighted by Crippen LogP contribution is 2.26. The number of para-hydroxylation sites is 1. The van der Waals surface area contributed by atoms with Crippen molar-refractivity contribution in [2.45, 2.75) is 13.0 Å². The topological polar surface area (TPSA) is 59.4 Å². The molecule has 2 aromatic heterocycles. The third kappa shape index (κ3) is 4.19. The number of thiophene rings is 1. The first-order valence-corrected chi connectivity index (χ1v) is 11.8. The van der Waals surface area contributed by atoms with Crippen molar-refractivity contribution in [3.05, 3.63) is 82.3 Å². The Morgan fingerprint density at radius 1 is 1.12 bits per heavy atom. The van der Waals surface area contributed by atoms with Gasteiger partial charge in [-0.1, -0.05) is 24.3 Å². The Balaban J connectivity index is 1.35. The summed E-state index contributed by atoms with van der Waals surface area (Å²) in [6, 6.07) is 20.3. The number of fused-ring (bicyclic) bond motifs is 1. The number of nitrogens with zero attached hydrogens (tertiary/aromatic N) is 3. The van der Waals surface area contributed by atoms with Crippen LogP contribution in [0.15, 0.2) is 66.0 Å². The van der Waals surface area contributed by atoms with E-state index < -0.39 is 0 Å². The molecule has 7 heteroatoms. The van der Waals surface area contributed by atoms with E-state index in [9.17, 15) is 4.79 Å². The number of hydrogen-bond acceptors (Lipinski definition) is 5. The van der Waals surface area contributed by atoms with Crippen molar-refractivity contribution < 1.29 is 9.53 Å². The van der Waals surface area contributed by atoms with Crippen LogP contribution >= 0.6 is 11.3 Å². The van der Waals surface area contributed by atoms with Crippen molar-refractivity contribution in [2.24, 2.45) is 0 Å². The molecule has 1 aliphatic heterocycles. The number of rotatable bonds is 6. The monoisotopic (exact) mass is 446 g/mol. The van der Waals surface area contributed by atoms with Crippen LogP contribution in [0.25, 0.3) is 16.7 Å². The lowest BCUT2D eigenvalue weighted by Crippen LogP contribution is -2.43. The Morgan fingerprint density at radius 2 is 1.94 bits per heavy atom. The zero-order valence-electron chi connectivity index (χ0n) is 18.0. The van der Waals surface area contributed by atoms with Crippen molar-refractivity contribution >= 4 is 28.3 Å². The van der Waals surface area contributed by atoms with Gasteiger partial charge in [-0.05, 0) is 48.7 Å². The summed E-state index contributed by atoms with van der Waals surface area (Å²) in [5, 5.41) is 5.24. The lowest BCUT2D eigenvalue weighted by atomic mass is 10.1. The molecular weight excluding hydrogens is 420 g/mol. The summed E-state index contributed by atoms with van der Waals surface area (Å²) in [6.07, 6.45) is 0. The summed E-state index contributed by atoms with van der Waals surface area (Å²) in [5.41, 5.74) is 3.51. The van der Waals surface area contributed by atoms with Crippen LogP contribution in [0.3, 0.4) is 0 Å². The van der Waals surface area contributed by atoms with Crippen LogP contribution in [0.1, 0.15) is 27.1 Å². The molecule has 32 heavy (non-hydrogen) atoms. The fourth-order valence-electron chi connectivity index (χ4n) is 4.32. The number of aryl methyl sites for hydroxylation is 1. The molecule has 2 aromatic carbocycles. The average Bonchev–Trinajstić information content (AvgIpc) is 3.47. The molecule has 1 saturated heterocycles. The highest BCUT2D eigenvalue weighted by molar-refractivity contribution is 7.10. The Kier molecular flexibility index (Phi) is 6.03. The fourth-order valence-corrected chi connectivity index (χ4v) is 5.18. The number of nitrogens with one attached hydrogen (secondary N) is 1. The maximum Gasteiger partial charge on any atom is 0.251 e. The Labute approximate surface area is 191 Å². The maximum atomic E-state index is 13.0. The van der Waals surface area contributed by atoms with Gasteiger partial charge in [-0.25, -0.2) is 4.98 Å². The second-order valence-corrected chi connectivity index (χ2v) is 8.90. The standard InChI is InChI=1S/C25H26N4O2S/c1-18-27-21-16-19(9-10-22(21)29(18)20-6-3-2-4-7-20)25(30)26-17-23(24-8-5-15-32-24)28-11-13-31-14-12-28/h2-10,15-16,23H,11-14,17H2,1H3,(H,26,30)/t23-/m0/s1. The van der Waals surface area contributed by atoms with Crippen LogP contribution in [-0.4, -0.2) is 53.2 Å². The van der Waals surface area contributed by atoms with E-state index >= 15 is 0 Å². The third-order valence-corrected chi connectivity index (χ3v) is 6.89. The van der Waals surface area contributed by atoms with Gasteiger partial charge in [0.25, 0.3) is 5.91 Å². The second-order valence-electron chi connectivity index (χ2n) is 7.92.